The van der Waals surface area contributed by atoms with E-state index in [4.69, 9.17) is 11.6 Å². The quantitative estimate of drug-likeness (QED) is 0.331. The van der Waals surface area contributed by atoms with Crippen LogP contribution >= 0.6 is 0 Å². The number of hydrogen-bond acceptors (Lipinski definition) is 2. The molecule has 0 unspecified atom stereocenters. The second-order valence-corrected chi connectivity index (χ2v) is 1.69. The lowest BCUT2D eigenvalue weighted by Crippen LogP contribution is -2.13. The highest BCUT2D eigenvalue weighted by atomic mass is 16.5. The van der Waals surface area contributed by atoms with Gasteiger partial charge >= 0.3 is 0 Å². The normalized spacial score (nSPS) is 9.25. The summed E-state index contributed by atoms with van der Waals surface area (Å²) in [5, 5.41) is 9.68. The lowest BCUT2D eigenvalue weighted by molar-refractivity contribution is -0.0648. The molecule has 0 saturated carbocycles. The zero-order chi connectivity index (χ0) is 6.41. The third kappa shape index (κ3) is 5.48. The van der Waals surface area contributed by atoms with Crippen LogP contribution in [0.2, 0.25) is 0 Å². The van der Waals surface area contributed by atoms with Crippen LogP contribution in [0, 0.1) is 12.3 Å². The van der Waals surface area contributed by atoms with Gasteiger partial charge in [-0.1, -0.05) is 0 Å². The summed E-state index contributed by atoms with van der Waals surface area (Å²) in [6, 6.07) is 0. The van der Waals surface area contributed by atoms with Crippen LogP contribution in [0.15, 0.2) is 0 Å². The van der Waals surface area contributed by atoms with Crippen molar-refractivity contribution in [3.8, 4) is 12.3 Å². The van der Waals surface area contributed by atoms with Gasteiger partial charge < -0.3 is 5.21 Å². The molecule has 0 atom stereocenters. The molecule has 0 saturated heterocycles. The van der Waals surface area contributed by atoms with Gasteiger partial charge in [0.15, 0.2) is 0 Å². The second-order valence-electron chi connectivity index (χ2n) is 1.69. The van der Waals surface area contributed by atoms with E-state index in [1.54, 1.807) is 7.05 Å². The van der Waals surface area contributed by atoms with E-state index in [0.29, 0.717) is 6.54 Å². The van der Waals surface area contributed by atoms with Crippen LogP contribution in [0.25, 0.3) is 0 Å². The van der Waals surface area contributed by atoms with Gasteiger partial charge in [0.05, 0.1) is 0 Å². The van der Waals surface area contributed by atoms with Gasteiger partial charge in [0.1, 0.15) is 0 Å². The maximum atomic E-state index is 8.54. The maximum absolute atomic E-state index is 8.54. The molecule has 1 N–H and O–H groups in total. The SMILES string of the molecule is C#CCCCN(C)O. The molecule has 0 radical (unpaired) electrons. The molecule has 0 rings (SSSR count). The molecule has 0 fully saturated rings. The Bertz CT molecular complexity index is 83.0. The molecule has 0 heterocycles. The van der Waals surface area contributed by atoms with Crippen molar-refractivity contribution in [2.45, 2.75) is 12.8 Å². The van der Waals surface area contributed by atoms with Crippen LogP contribution in [0.5, 0.6) is 0 Å². The minimum Gasteiger partial charge on any atom is -0.314 e. The highest BCUT2D eigenvalue weighted by Gasteiger charge is 1.87. The molecule has 0 amide bonds. The minimum atomic E-state index is 0.657. The molecular weight excluding hydrogens is 102 g/mol. The lowest BCUT2D eigenvalue weighted by Gasteiger charge is -2.03. The molecular formula is C6H11NO. The summed E-state index contributed by atoms with van der Waals surface area (Å²) < 4.78 is 0. The number of unbranched alkanes of at least 4 members (excludes halogenated alkanes) is 1. The van der Waals surface area contributed by atoms with E-state index in [2.05, 4.69) is 5.92 Å². The van der Waals surface area contributed by atoms with Crippen molar-refractivity contribution in [2.75, 3.05) is 13.6 Å². The van der Waals surface area contributed by atoms with Gasteiger partial charge in [-0.3, -0.25) is 0 Å². The monoisotopic (exact) mass is 113 g/mol. The van der Waals surface area contributed by atoms with Crippen LogP contribution in [0.3, 0.4) is 0 Å². The summed E-state index contributed by atoms with van der Waals surface area (Å²) in [6.07, 6.45) is 6.57. The van der Waals surface area contributed by atoms with Crippen molar-refractivity contribution in [3.63, 3.8) is 0 Å². The highest BCUT2D eigenvalue weighted by Crippen LogP contribution is 1.86. The molecule has 0 aromatic heterocycles. The summed E-state index contributed by atoms with van der Waals surface area (Å²) >= 11 is 0. The van der Waals surface area contributed by atoms with Gasteiger partial charge in [-0.05, 0) is 6.42 Å². The second kappa shape index (κ2) is 4.63. The van der Waals surface area contributed by atoms with E-state index in [0.717, 1.165) is 17.9 Å². The van der Waals surface area contributed by atoms with E-state index in [-0.39, 0.29) is 0 Å². The Balaban J connectivity index is 2.85. The molecule has 2 nitrogen and oxygen atoms in total. The highest BCUT2D eigenvalue weighted by molar-refractivity contribution is 4.82. The average molecular weight is 113 g/mol. The Labute approximate surface area is 50.1 Å². The summed E-state index contributed by atoms with van der Waals surface area (Å²) in [5.41, 5.74) is 0. The topological polar surface area (TPSA) is 23.5 Å². The Morgan fingerprint density at radius 2 is 2.38 bits per heavy atom. The number of terminal acetylenes is 1. The Morgan fingerprint density at radius 1 is 1.75 bits per heavy atom. The van der Waals surface area contributed by atoms with Gasteiger partial charge in [0.2, 0.25) is 0 Å². The summed E-state index contributed by atoms with van der Waals surface area (Å²) in [5.74, 6) is 2.49. The van der Waals surface area contributed by atoms with Crippen LogP contribution in [-0.2, 0) is 0 Å². The fraction of sp³-hybridized carbons (Fsp3) is 0.667. The molecule has 2 heteroatoms. The first kappa shape index (κ1) is 7.48. The van der Waals surface area contributed by atoms with Gasteiger partial charge in [-0.15, -0.1) is 12.3 Å². The molecule has 46 valence electrons. The van der Waals surface area contributed by atoms with Crippen molar-refractivity contribution in [2.24, 2.45) is 0 Å². The number of nitrogens with zero attached hydrogens (tertiary/aromatic N) is 1. The van der Waals surface area contributed by atoms with E-state index in [1.165, 1.54) is 0 Å². The third-order valence-corrected chi connectivity index (χ3v) is 0.803. The van der Waals surface area contributed by atoms with Crippen LogP contribution in [0.1, 0.15) is 12.8 Å². The molecule has 0 aliphatic heterocycles. The van der Waals surface area contributed by atoms with Crippen molar-refractivity contribution in [1.82, 2.24) is 5.06 Å². The first-order chi connectivity index (χ1) is 3.77. The molecule has 0 spiro atoms. The smallest absolute Gasteiger partial charge is 0.0244 e. The van der Waals surface area contributed by atoms with Crippen LogP contribution < -0.4 is 0 Å². The van der Waals surface area contributed by atoms with Gasteiger partial charge in [-0.25, -0.2) is 0 Å². The first-order valence-corrected chi connectivity index (χ1v) is 2.61. The van der Waals surface area contributed by atoms with E-state index >= 15 is 0 Å². The van der Waals surface area contributed by atoms with Gasteiger partial charge in [-0.2, -0.15) is 5.06 Å². The molecule has 0 aliphatic carbocycles. The fourth-order valence-corrected chi connectivity index (χ4v) is 0.410. The zero-order valence-electron chi connectivity index (χ0n) is 5.09. The number of hydroxylamine groups is 2. The molecule has 8 heavy (non-hydrogen) atoms. The Hall–Kier alpha value is -0.520. The van der Waals surface area contributed by atoms with E-state index in [1.807, 2.05) is 0 Å². The fourth-order valence-electron chi connectivity index (χ4n) is 0.410. The number of hydrogen-bond donors (Lipinski definition) is 1. The average Bonchev–Trinajstić information content (AvgIpc) is 1.66. The molecule has 0 aromatic carbocycles. The zero-order valence-corrected chi connectivity index (χ0v) is 5.09. The van der Waals surface area contributed by atoms with Crippen molar-refractivity contribution in [3.05, 3.63) is 0 Å². The summed E-state index contributed by atoms with van der Waals surface area (Å²) in [7, 11) is 1.61. The standard InChI is InChI=1S/C6H11NO/c1-3-4-5-6-7(2)8/h1,8H,4-6H2,2H3. The van der Waals surface area contributed by atoms with E-state index in [9.17, 15) is 0 Å². The van der Waals surface area contributed by atoms with Crippen LogP contribution in [0.4, 0.5) is 0 Å². The number of rotatable bonds is 3. The summed E-state index contributed by atoms with van der Waals surface area (Å²) in [6.45, 7) is 0.657. The van der Waals surface area contributed by atoms with E-state index < -0.39 is 0 Å². The molecule has 0 aromatic rings. The van der Waals surface area contributed by atoms with Gasteiger partial charge in [0.25, 0.3) is 0 Å². The van der Waals surface area contributed by atoms with Crippen molar-refractivity contribution in [1.29, 1.82) is 0 Å². The maximum Gasteiger partial charge on any atom is 0.0244 e. The first-order valence-electron chi connectivity index (χ1n) is 2.61. The minimum absolute atomic E-state index is 0.657. The van der Waals surface area contributed by atoms with Crippen LogP contribution in [-0.4, -0.2) is 23.9 Å². The summed E-state index contributed by atoms with van der Waals surface area (Å²) in [4.78, 5) is 0. The Morgan fingerprint density at radius 3 is 2.75 bits per heavy atom. The molecule has 0 bridgehead atoms. The largest absolute Gasteiger partial charge is 0.314 e. The lowest BCUT2D eigenvalue weighted by atomic mass is 10.3. The van der Waals surface area contributed by atoms with Crippen molar-refractivity contribution < 1.29 is 5.21 Å². The molecule has 0 aliphatic rings. The Kier molecular flexibility index (Phi) is 4.33. The third-order valence-electron chi connectivity index (χ3n) is 0.803. The van der Waals surface area contributed by atoms with Crippen molar-refractivity contribution >= 4 is 0 Å². The predicted molar refractivity (Wildman–Crippen MR) is 32.5 cm³/mol. The predicted octanol–water partition coefficient (Wildman–Crippen LogP) is 0.721. The van der Waals surface area contributed by atoms with Gasteiger partial charge in [0, 0.05) is 20.0 Å².